The second-order valence-electron chi connectivity index (χ2n) is 3.56. The Kier molecular flexibility index (Phi) is 4.51. The van der Waals surface area contributed by atoms with Crippen LogP contribution in [0.15, 0.2) is 5.38 Å². The van der Waals surface area contributed by atoms with Crippen LogP contribution in [0.4, 0.5) is 5.00 Å². The number of esters is 2. The maximum absolute atomic E-state index is 11.8. The largest absolute Gasteiger partial charge is 0.462 e. The number of carbonyl (C=O) groups is 2. The fourth-order valence-corrected chi connectivity index (χ4v) is 1.99. The predicted octanol–water partition coefficient (Wildman–Crippen LogP) is 2.07. The van der Waals surface area contributed by atoms with Gasteiger partial charge in [-0.25, -0.2) is 9.59 Å². The minimum atomic E-state index is -0.596. The molecule has 0 spiro atoms. The molecule has 0 aliphatic heterocycles. The average Bonchev–Trinajstić information content (AvgIpc) is 2.59. The van der Waals surface area contributed by atoms with E-state index in [1.807, 2.05) is 0 Å². The number of rotatable bonds is 4. The Morgan fingerprint density at radius 1 is 1.41 bits per heavy atom. The summed E-state index contributed by atoms with van der Waals surface area (Å²) in [6.45, 7) is 5.39. The first-order valence-corrected chi connectivity index (χ1v) is 6.10. The van der Waals surface area contributed by atoms with Crippen LogP contribution >= 0.6 is 11.3 Å². The molecule has 1 rings (SSSR count). The number of hydrogen-bond donors (Lipinski definition) is 1. The van der Waals surface area contributed by atoms with Gasteiger partial charge in [0.05, 0.1) is 18.3 Å². The lowest BCUT2D eigenvalue weighted by Gasteiger charge is -2.09. The van der Waals surface area contributed by atoms with Gasteiger partial charge >= 0.3 is 11.9 Å². The van der Waals surface area contributed by atoms with Crippen LogP contribution in [0.25, 0.3) is 0 Å². The molecule has 0 amide bonds. The molecule has 0 aliphatic carbocycles. The van der Waals surface area contributed by atoms with Crippen molar-refractivity contribution in [2.45, 2.75) is 26.9 Å². The second kappa shape index (κ2) is 5.67. The van der Waals surface area contributed by atoms with Gasteiger partial charge in [-0.3, -0.25) is 0 Å². The lowest BCUT2D eigenvalue weighted by molar-refractivity contribution is 0.0365. The number of thiophene rings is 1. The quantitative estimate of drug-likeness (QED) is 0.835. The molecule has 0 radical (unpaired) electrons. The van der Waals surface area contributed by atoms with Crippen molar-refractivity contribution in [3.63, 3.8) is 0 Å². The van der Waals surface area contributed by atoms with Crippen molar-refractivity contribution < 1.29 is 19.1 Å². The van der Waals surface area contributed by atoms with Gasteiger partial charge in [0.1, 0.15) is 10.6 Å². The molecular formula is C11H15NO4S. The molecule has 0 saturated carbocycles. The van der Waals surface area contributed by atoms with E-state index in [1.165, 1.54) is 5.38 Å². The van der Waals surface area contributed by atoms with Gasteiger partial charge < -0.3 is 15.2 Å². The van der Waals surface area contributed by atoms with E-state index in [4.69, 9.17) is 15.2 Å². The maximum atomic E-state index is 11.8. The number of carbonyl (C=O) groups excluding carboxylic acids is 2. The molecule has 6 heteroatoms. The summed E-state index contributed by atoms with van der Waals surface area (Å²) in [7, 11) is 0. The highest BCUT2D eigenvalue weighted by atomic mass is 32.1. The molecule has 0 aromatic carbocycles. The van der Waals surface area contributed by atoms with Crippen molar-refractivity contribution in [2.75, 3.05) is 12.3 Å². The lowest BCUT2D eigenvalue weighted by atomic mass is 10.2. The Balaban J connectivity index is 3.01. The van der Waals surface area contributed by atoms with Crippen molar-refractivity contribution in [3.8, 4) is 0 Å². The fourth-order valence-electron chi connectivity index (χ4n) is 1.22. The molecule has 17 heavy (non-hydrogen) atoms. The van der Waals surface area contributed by atoms with Crippen LogP contribution in [0, 0.1) is 0 Å². The molecule has 2 N–H and O–H groups in total. The molecule has 1 aromatic rings. The number of anilines is 1. The molecule has 0 bridgehead atoms. The maximum Gasteiger partial charge on any atom is 0.342 e. The normalized spacial score (nSPS) is 10.4. The number of nitrogens with two attached hydrogens (primary N) is 1. The number of ether oxygens (including phenoxy) is 2. The Morgan fingerprint density at radius 2 is 2.06 bits per heavy atom. The van der Waals surface area contributed by atoms with Gasteiger partial charge in [-0.15, -0.1) is 11.3 Å². The SMILES string of the molecule is CCOC(=O)c1csc(N)c1C(=O)OC(C)C. The van der Waals surface area contributed by atoms with E-state index >= 15 is 0 Å². The smallest absolute Gasteiger partial charge is 0.342 e. The summed E-state index contributed by atoms with van der Waals surface area (Å²) in [5, 5.41) is 1.77. The Morgan fingerprint density at radius 3 is 2.59 bits per heavy atom. The third-order valence-corrected chi connectivity index (χ3v) is 2.67. The summed E-state index contributed by atoms with van der Waals surface area (Å²) in [6.07, 6.45) is -0.267. The third-order valence-electron chi connectivity index (χ3n) is 1.86. The first-order valence-electron chi connectivity index (χ1n) is 5.22. The zero-order chi connectivity index (χ0) is 13.0. The lowest BCUT2D eigenvalue weighted by Crippen LogP contribution is -2.16. The molecule has 0 saturated heterocycles. The van der Waals surface area contributed by atoms with Gasteiger partial charge in [0, 0.05) is 5.38 Å². The molecule has 94 valence electrons. The summed E-state index contributed by atoms with van der Waals surface area (Å²) < 4.78 is 9.87. The average molecular weight is 257 g/mol. The van der Waals surface area contributed by atoms with Crippen molar-refractivity contribution in [1.29, 1.82) is 0 Å². The summed E-state index contributed by atoms with van der Waals surface area (Å²) in [6, 6.07) is 0. The second-order valence-corrected chi connectivity index (χ2v) is 4.47. The first-order chi connectivity index (χ1) is 7.97. The zero-order valence-electron chi connectivity index (χ0n) is 9.98. The van der Waals surface area contributed by atoms with Crippen molar-refractivity contribution >= 4 is 28.3 Å². The van der Waals surface area contributed by atoms with Gasteiger partial charge in [0.15, 0.2) is 0 Å². The topological polar surface area (TPSA) is 78.6 Å². The molecule has 0 atom stereocenters. The monoisotopic (exact) mass is 257 g/mol. The highest BCUT2D eigenvalue weighted by Gasteiger charge is 2.24. The van der Waals surface area contributed by atoms with Gasteiger partial charge in [-0.05, 0) is 20.8 Å². The van der Waals surface area contributed by atoms with E-state index in [0.717, 1.165) is 11.3 Å². The van der Waals surface area contributed by atoms with Crippen molar-refractivity contribution in [1.82, 2.24) is 0 Å². The predicted molar refractivity (Wildman–Crippen MR) is 65.2 cm³/mol. The highest BCUT2D eigenvalue weighted by Crippen LogP contribution is 2.27. The fraction of sp³-hybridized carbons (Fsp3) is 0.455. The minimum Gasteiger partial charge on any atom is -0.462 e. The van der Waals surface area contributed by atoms with Crippen LogP contribution in [0.3, 0.4) is 0 Å². The summed E-state index contributed by atoms with van der Waals surface area (Å²) in [5.41, 5.74) is 5.93. The van der Waals surface area contributed by atoms with Crippen LogP contribution in [0.5, 0.6) is 0 Å². The zero-order valence-corrected chi connectivity index (χ0v) is 10.8. The van der Waals surface area contributed by atoms with Crippen LogP contribution in [-0.2, 0) is 9.47 Å². The van der Waals surface area contributed by atoms with Gasteiger partial charge in [-0.2, -0.15) is 0 Å². The standard InChI is InChI=1S/C11H15NO4S/c1-4-15-10(13)7-5-17-9(12)8(7)11(14)16-6(2)3/h5-6H,4,12H2,1-3H3. The molecule has 1 aromatic heterocycles. The minimum absolute atomic E-state index is 0.0992. The van der Waals surface area contributed by atoms with Crippen LogP contribution in [0.1, 0.15) is 41.5 Å². The molecule has 1 heterocycles. The van der Waals surface area contributed by atoms with Crippen LogP contribution in [0.2, 0.25) is 0 Å². The van der Waals surface area contributed by atoms with E-state index in [1.54, 1.807) is 20.8 Å². The third kappa shape index (κ3) is 3.20. The molecule has 0 aliphatic rings. The molecule has 5 nitrogen and oxygen atoms in total. The van der Waals surface area contributed by atoms with Crippen molar-refractivity contribution in [3.05, 3.63) is 16.5 Å². The van der Waals surface area contributed by atoms with Crippen molar-refractivity contribution in [2.24, 2.45) is 0 Å². The highest BCUT2D eigenvalue weighted by molar-refractivity contribution is 7.14. The number of nitrogen functional groups attached to an aromatic ring is 1. The summed E-state index contributed by atoms with van der Waals surface area (Å²) >= 11 is 1.12. The van der Waals surface area contributed by atoms with E-state index in [0.29, 0.717) is 0 Å². The summed E-state index contributed by atoms with van der Waals surface area (Å²) in [5.74, 6) is -1.15. The van der Waals surface area contributed by atoms with E-state index < -0.39 is 11.9 Å². The Labute approximate surface area is 104 Å². The Bertz CT molecular complexity index is 425. The van der Waals surface area contributed by atoms with E-state index in [-0.39, 0.29) is 28.8 Å². The molecule has 0 fully saturated rings. The molecule has 0 unspecified atom stereocenters. The Hall–Kier alpha value is -1.56. The first kappa shape index (κ1) is 13.5. The van der Waals surface area contributed by atoms with E-state index in [2.05, 4.69) is 0 Å². The van der Waals surface area contributed by atoms with Crippen LogP contribution in [-0.4, -0.2) is 24.6 Å². The van der Waals surface area contributed by atoms with Crippen LogP contribution < -0.4 is 5.73 Å². The summed E-state index contributed by atoms with van der Waals surface area (Å²) in [4.78, 5) is 23.4. The van der Waals surface area contributed by atoms with Gasteiger partial charge in [0.25, 0.3) is 0 Å². The van der Waals surface area contributed by atoms with Gasteiger partial charge in [-0.1, -0.05) is 0 Å². The molecular weight excluding hydrogens is 242 g/mol. The van der Waals surface area contributed by atoms with Gasteiger partial charge in [0.2, 0.25) is 0 Å². The number of hydrogen-bond acceptors (Lipinski definition) is 6. The van der Waals surface area contributed by atoms with E-state index in [9.17, 15) is 9.59 Å².